The van der Waals surface area contributed by atoms with E-state index in [1.165, 1.54) is 17.5 Å². The fourth-order valence-electron chi connectivity index (χ4n) is 2.67. The van der Waals surface area contributed by atoms with Gasteiger partial charge in [0.2, 0.25) is 0 Å². The minimum absolute atomic E-state index is 0.406. The second-order valence-electron chi connectivity index (χ2n) is 5.61. The second-order valence-corrected chi connectivity index (χ2v) is 5.61. The van der Waals surface area contributed by atoms with Gasteiger partial charge >= 0.3 is 0 Å². The lowest BCUT2D eigenvalue weighted by atomic mass is 9.98. The second kappa shape index (κ2) is 5.75. The highest BCUT2D eigenvalue weighted by molar-refractivity contribution is 5.40. The Labute approximate surface area is 111 Å². The van der Waals surface area contributed by atoms with E-state index in [4.69, 9.17) is 4.74 Å². The zero-order chi connectivity index (χ0) is 13.1. The van der Waals surface area contributed by atoms with Crippen LogP contribution in [0.4, 0.5) is 0 Å². The van der Waals surface area contributed by atoms with Gasteiger partial charge in [-0.1, -0.05) is 32.9 Å². The van der Waals surface area contributed by atoms with Gasteiger partial charge in [-0.05, 0) is 36.5 Å². The van der Waals surface area contributed by atoms with E-state index in [1.807, 2.05) is 0 Å². The molecule has 2 nitrogen and oxygen atoms in total. The van der Waals surface area contributed by atoms with Crippen LogP contribution in [0, 0.1) is 5.92 Å². The maximum atomic E-state index is 5.55. The van der Waals surface area contributed by atoms with E-state index in [9.17, 15) is 0 Å². The minimum atomic E-state index is 0.406. The normalized spacial score (nSPS) is 17.4. The molecule has 2 atom stereocenters. The molecule has 2 heteroatoms. The molecule has 1 heterocycles. The Kier molecular flexibility index (Phi) is 4.28. The fraction of sp³-hybridized carbons (Fsp3) is 0.625. The molecule has 0 saturated heterocycles. The van der Waals surface area contributed by atoms with Crippen LogP contribution in [0.2, 0.25) is 0 Å². The first-order chi connectivity index (χ1) is 8.61. The van der Waals surface area contributed by atoms with Gasteiger partial charge in [0.05, 0.1) is 6.61 Å². The van der Waals surface area contributed by atoms with E-state index in [1.54, 1.807) is 0 Å². The largest absolute Gasteiger partial charge is 0.493 e. The van der Waals surface area contributed by atoms with Crippen molar-refractivity contribution in [3.8, 4) is 5.75 Å². The Morgan fingerprint density at radius 1 is 1.28 bits per heavy atom. The molecule has 0 saturated carbocycles. The van der Waals surface area contributed by atoms with E-state index in [0.29, 0.717) is 18.0 Å². The van der Waals surface area contributed by atoms with Crippen LogP contribution in [0.15, 0.2) is 18.2 Å². The van der Waals surface area contributed by atoms with E-state index < -0.39 is 0 Å². The molecule has 1 N–H and O–H groups in total. The summed E-state index contributed by atoms with van der Waals surface area (Å²) in [6, 6.07) is 7.60. The smallest absolute Gasteiger partial charge is 0.122 e. The molecule has 0 spiro atoms. The quantitative estimate of drug-likeness (QED) is 0.856. The summed E-state index contributed by atoms with van der Waals surface area (Å²) in [6.45, 7) is 9.91. The summed E-state index contributed by atoms with van der Waals surface area (Å²) >= 11 is 0. The van der Waals surface area contributed by atoms with Crippen molar-refractivity contribution in [3.63, 3.8) is 0 Å². The van der Waals surface area contributed by atoms with Crippen LogP contribution in [-0.2, 0) is 6.42 Å². The first-order valence-corrected chi connectivity index (χ1v) is 7.13. The Morgan fingerprint density at radius 2 is 2.06 bits per heavy atom. The van der Waals surface area contributed by atoms with Gasteiger partial charge in [-0.3, -0.25) is 0 Å². The zero-order valence-electron chi connectivity index (χ0n) is 12.0. The molecular weight excluding hydrogens is 222 g/mol. The molecule has 2 unspecified atom stereocenters. The Hall–Kier alpha value is -1.02. The number of fused-ring (bicyclic) bond motifs is 1. The number of benzene rings is 1. The monoisotopic (exact) mass is 247 g/mol. The SMILES string of the molecule is CCC(NC(C)c1ccc2c(c1)CCO2)C(C)C. The van der Waals surface area contributed by atoms with Crippen LogP contribution >= 0.6 is 0 Å². The van der Waals surface area contributed by atoms with Crippen molar-refractivity contribution in [1.29, 1.82) is 0 Å². The van der Waals surface area contributed by atoms with Gasteiger partial charge in [0.25, 0.3) is 0 Å². The van der Waals surface area contributed by atoms with Crippen molar-refractivity contribution in [3.05, 3.63) is 29.3 Å². The summed E-state index contributed by atoms with van der Waals surface area (Å²) in [5.74, 6) is 1.75. The number of nitrogens with one attached hydrogen (secondary N) is 1. The van der Waals surface area contributed by atoms with E-state index in [2.05, 4.69) is 51.2 Å². The molecule has 0 aliphatic carbocycles. The third kappa shape index (κ3) is 2.86. The summed E-state index contributed by atoms with van der Waals surface area (Å²) in [5.41, 5.74) is 2.73. The average Bonchev–Trinajstić information content (AvgIpc) is 2.82. The molecule has 0 amide bonds. The molecule has 100 valence electrons. The van der Waals surface area contributed by atoms with Gasteiger partial charge < -0.3 is 10.1 Å². The van der Waals surface area contributed by atoms with Gasteiger partial charge in [0.1, 0.15) is 5.75 Å². The van der Waals surface area contributed by atoms with Gasteiger partial charge in [-0.2, -0.15) is 0 Å². The maximum Gasteiger partial charge on any atom is 0.122 e. The number of ether oxygens (including phenoxy) is 1. The Balaban J connectivity index is 2.06. The van der Waals surface area contributed by atoms with E-state index >= 15 is 0 Å². The van der Waals surface area contributed by atoms with Gasteiger partial charge in [0, 0.05) is 18.5 Å². The first kappa shape index (κ1) is 13.4. The van der Waals surface area contributed by atoms with Crippen molar-refractivity contribution in [2.24, 2.45) is 5.92 Å². The van der Waals surface area contributed by atoms with Gasteiger partial charge in [-0.15, -0.1) is 0 Å². The van der Waals surface area contributed by atoms with Crippen LogP contribution in [0.1, 0.15) is 51.3 Å². The molecule has 1 aliphatic heterocycles. The number of hydrogen-bond acceptors (Lipinski definition) is 2. The highest BCUT2D eigenvalue weighted by Gasteiger charge is 2.17. The maximum absolute atomic E-state index is 5.55. The summed E-state index contributed by atoms with van der Waals surface area (Å²) in [4.78, 5) is 0. The highest BCUT2D eigenvalue weighted by atomic mass is 16.5. The van der Waals surface area contributed by atoms with Crippen molar-refractivity contribution in [1.82, 2.24) is 5.32 Å². The van der Waals surface area contributed by atoms with Gasteiger partial charge in [-0.25, -0.2) is 0 Å². The molecule has 0 aromatic heterocycles. The minimum Gasteiger partial charge on any atom is -0.493 e. The molecule has 0 bridgehead atoms. The predicted molar refractivity (Wildman–Crippen MR) is 76.1 cm³/mol. The molecule has 1 aromatic carbocycles. The molecular formula is C16H25NO. The standard InChI is InChI=1S/C16H25NO/c1-5-15(11(2)3)17-12(4)13-6-7-16-14(10-13)8-9-18-16/h6-7,10-12,15,17H,5,8-9H2,1-4H3. The predicted octanol–water partition coefficient (Wildman–Crippen LogP) is 3.71. The van der Waals surface area contributed by atoms with Crippen LogP contribution in [-0.4, -0.2) is 12.6 Å². The lowest BCUT2D eigenvalue weighted by Gasteiger charge is -2.26. The van der Waals surface area contributed by atoms with Crippen LogP contribution < -0.4 is 10.1 Å². The molecule has 1 aromatic rings. The summed E-state index contributed by atoms with van der Waals surface area (Å²) in [6.07, 6.45) is 2.23. The number of hydrogen-bond donors (Lipinski definition) is 1. The van der Waals surface area contributed by atoms with Crippen molar-refractivity contribution in [2.45, 2.75) is 52.6 Å². The topological polar surface area (TPSA) is 21.3 Å². The summed E-state index contributed by atoms with van der Waals surface area (Å²) in [7, 11) is 0. The summed E-state index contributed by atoms with van der Waals surface area (Å²) < 4.78 is 5.55. The van der Waals surface area contributed by atoms with Crippen molar-refractivity contribution in [2.75, 3.05) is 6.61 Å². The fourth-order valence-corrected chi connectivity index (χ4v) is 2.67. The summed E-state index contributed by atoms with van der Waals surface area (Å²) in [5, 5.41) is 3.73. The van der Waals surface area contributed by atoms with Crippen molar-refractivity contribution < 1.29 is 4.74 Å². The van der Waals surface area contributed by atoms with Crippen molar-refractivity contribution >= 4 is 0 Å². The molecule has 0 fully saturated rings. The molecule has 2 rings (SSSR count). The highest BCUT2D eigenvalue weighted by Crippen LogP contribution is 2.28. The Morgan fingerprint density at radius 3 is 2.72 bits per heavy atom. The Bertz CT molecular complexity index is 400. The third-order valence-electron chi connectivity index (χ3n) is 3.92. The zero-order valence-corrected chi connectivity index (χ0v) is 12.0. The third-order valence-corrected chi connectivity index (χ3v) is 3.92. The van der Waals surface area contributed by atoms with Crippen LogP contribution in [0.3, 0.4) is 0 Å². The molecule has 1 aliphatic rings. The molecule has 0 radical (unpaired) electrons. The first-order valence-electron chi connectivity index (χ1n) is 7.13. The average molecular weight is 247 g/mol. The van der Waals surface area contributed by atoms with E-state index in [-0.39, 0.29) is 0 Å². The lowest BCUT2D eigenvalue weighted by molar-refractivity contribution is 0.354. The van der Waals surface area contributed by atoms with Crippen LogP contribution in [0.25, 0.3) is 0 Å². The lowest BCUT2D eigenvalue weighted by Crippen LogP contribution is -2.35. The molecule has 18 heavy (non-hydrogen) atoms. The van der Waals surface area contributed by atoms with Crippen LogP contribution in [0.5, 0.6) is 5.75 Å². The van der Waals surface area contributed by atoms with Gasteiger partial charge in [0.15, 0.2) is 0 Å². The number of rotatable bonds is 5. The van der Waals surface area contributed by atoms with E-state index in [0.717, 1.165) is 18.8 Å².